The highest BCUT2D eigenvalue weighted by atomic mass is 32.2. The van der Waals surface area contributed by atoms with Crippen LogP contribution in [0.2, 0.25) is 0 Å². The Kier molecular flexibility index (Phi) is 8.49. The molecule has 1 aromatic heterocycles. The van der Waals surface area contributed by atoms with Gasteiger partial charge in [-0.05, 0) is 24.3 Å². The van der Waals surface area contributed by atoms with Crippen LogP contribution in [0.5, 0.6) is 0 Å². The van der Waals surface area contributed by atoms with Crippen molar-refractivity contribution < 1.29 is 37.0 Å². The van der Waals surface area contributed by atoms with Gasteiger partial charge in [-0.15, -0.1) is 5.10 Å². The molecule has 0 N–H and O–H groups in total. The van der Waals surface area contributed by atoms with E-state index in [0.717, 1.165) is 17.0 Å². The van der Waals surface area contributed by atoms with E-state index in [1.54, 1.807) is 0 Å². The van der Waals surface area contributed by atoms with Gasteiger partial charge in [0.15, 0.2) is 23.6 Å². The summed E-state index contributed by atoms with van der Waals surface area (Å²) in [6, 6.07) is 10.6. The molecule has 0 aliphatic carbocycles. The van der Waals surface area contributed by atoms with Gasteiger partial charge >= 0.3 is 11.9 Å². The largest absolute Gasteiger partial charge is 0.466 e. The fourth-order valence-corrected chi connectivity index (χ4v) is 5.17. The van der Waals surface area contributed by atoms with Gasteiger partial charge in [0, 0.05) is 37.1 Å². The third-order valence-corrected chi connectivity index (χ3v) is 6.77. The molecule has 0 unspecified atom stereocenters. The van der Waals surface area contributed by atoms with E-state index in [-0.39, 0.29) is 24.3 Å². The van der Waals surface area contributed by atoms with E-state index < -0.39 is 53.1 Å². The Morgan fingerprint density at radius 3 is 2.46 bits per heavy atom. The van der Waals surface area contributed by atoms with E-state index in [2.05, 4.69) is 10.3 Å². The van der Waals surface area contributed by atoms with Crippen LogP contribution >= 0.6 is 11.8 Å². The number of hydrogen-bond donors (Lipinski definition) is 0. The first-order valence-electron chi connectivity index (χ1n) is 11.5. The first kappa shape index (κ1) is 26.7. The van der Waals surface area contributed by atoms with Crippen LogP contribution in [0.1, 0.15) is 32.7 Å². The van der Waals surface area contributed by atoms with Gasteiger partial charge in [0.2, 0.25) is 0 Å². The number of thioether (sulfide) groups is 1. The second-order valence-electron chi connectivity index (χ2n) is 8.38. The topological polar surface area (TPSA) is 92.5 Å². The Hall–Kier alpha value is -3.38. The minimum atomic E-state index is -1.58. The summed E-state index contributed by atoms with van der Waals surface area (Å²) < 4.78 is 59.4. The molecule has 1 aliphatic rings. The summed E-state index contributed by atoms with van der Waals surface area (Å²) in [5.74, 6) is -5.28. The van der Waals surface area contributed by atoms with Gasteiger partial charge in [-0.1, -0.05) is 35.2 Å². The molecule has 12 heteroatoms. The normalized spacial score (nSPS) is 21.4. The lowest BCUT2D eigenvalue weighted by Gasteiger charge is -2.40. The van der Waals surface area contributed by atoms with Crippen LogP contribution in [0.25, 0.3) is 11.3 Å². The van der Waals surface area contributed by atoms with Crippen molar-refractivity contribution in [3.63, 3.8) is 0 Å². The highest BCUT2D eigenvalue weighted by molar-refractivity contribution is 7.99. The van der Waals surface area contributed by atoms with Crippen LogP contribution in [0.15, 0.2) is 53.6 Å². The Morgan fingerprint density at radius 2 is 1.81 bits per heavy atom. The van der Waals surface area contributed by atoms with Crippen LogP contribution in [0.4, 0.5) is 13.2 Å². The molecule has 1 saturated heterocycles. The van der Waals surface area contributed by atoms with E-state index in [1.807, 2.05) is 30.3 Å². The van der Waals surface area contributed by atoms with Crippen LogP contribution in [-0.4, -0.2) is 51.2 Å². The lowest BCUT2D eigenvalue weighted by molar-refractivity contribution is -0.175. The van der Waals surface area contributed by atoms with E-state index in [1.165, 1.54) is 36.5 Å². The van der Waals surface area contributed by atoms with Gasteiger partial charge in [-0.3, -0.25) is 9.59 Å². The first-order valence-corrected chi connectivity index (χ1v) is 12.3. The Morgan fingerprint density at radius 1 is 1.11 bits per heavy atom. The number of ether oxygens (including phenoxy) is 3. The van der Waals surface area contributed by atoms with E-state index in [4.69, 9.17) is 14.2 Å². The van der Waals surface area contributed by atoms with Crippen molar-refractivity contribution in [1.82, 2.24) is 15.0 Å². The molecular weight excluding hydrogens is 511 g/mol. The van der Waals surface area contributed by atoms with Crippen molar-refractivity contribution in [3.05, 3.63) is 66.1 Å². The minimum absolute atomic E-state index is 0.000337. The summed E-state index contributed by atoms with van der Waals surface area (Å²) in [4.78, 5) is 24.2. The van der Waals surface area contributed by atoms with Crippen LogP contribution < -0.4 is 0 Å². The zero-order valence-corrected chi connectivity index (χ0v) is 20.8. The number of esters is 2. The first-order chi connectivity index (χ1) is 17.7. The summed E-state index contributed by atoms with van der Waals surface area (Å²) in [6.07, 6.45) is 0.562. The summed E-state index contributed by atoms with van der Waals surface area (Å²) in [5, 5.41) is 8.13. The zero-order valence-electron chi connectivity index (χ0n) is 20.0. The van der Waals surface area contributed by atoms with Crippen LogP contribution in [-0.2, 0) is 23.8 Å². The number of nitrogens with zero attached hydrogens (tertiary/aromatic N) is 3. The number of carbonyl (C=O) groups excluding carboxylic acids is 2. The standard InChI is InChI=1S/C25H24F3N3O5S/c1-14(32)34-9-8-22-25(35-15(2)33)21(12-23(36-22)37-17-6-4-3-5-7-17)31-13-20(29-30-31)16-10-18(26)24(28)19(27)11-16/h3-7,10-11,13,21-23,25H,8-9,12H2,1-2H3/t21-,22-,23-,25-/m1/s1. The summed E-state index contributed by atoms with van der Waals surface area (Å²) in [6.45, 7) is 2.60. The molecule has 4 atom stereocenters. The monoisotopic (exact) mass is 535 g/mol. The Balaban J connectivity index is 1.65. The average molecular weight is 536 g/mol. The van der Waals surface area contributed by atoms with E-state index in [0.29, 0.717) is 6.42 Å². The number of aromatic nitrogens is 3. The molecule has 8 nitrogen and oxygen atoms in total. The van der Waals surface area contributed by atoms with Crippen LogP contribution in [0, 0.1) is 17.5 Å². The second-order valence-corrected chi connectivity index (χ2v) is 9.61. The second kappa shape index (κ2) is 11.8. The van der Waals surface area contributed by atoms with Crippen molar-refractivity contribution in [2.24, 2.45) is 0 Å². The van der Waals surface area contributed by atoms with Crippen LogP contribution in [0.3, 0.4) is 0 Å². The minimum Gasteiger partial charge on any atom is -0.466 e. The Bertz CT molecular complexity index is 1240. The van der Waals surface area contributed by atoms with Crippen molar-refractivity contribution in [2.45, 2.75) is 55.3 Å². The average Bonchev–Trinajstić information content (AvgIpc) is 3.34. The quantitative estimate of drug-likeness (QED) is 0.303. The maximum Gasteiger partial charge on any atom is 0.303 e. The lowest BCUT2D eigenvalue weighted by atomic mass is 9.97. The molecule has 0 amide bonds. The highest BCUT2D eigenvalue weighted by Crippen LogP contribution is 2.40. The van der Waals surface area contributed by atoms with Gasteiger partial charge in [0.1, 0.15) is 17.2 Å². The summed E-state index contributed by atoms with van der Waals surface area (Å²) >= 11 is 1.46. The molecule has 2 aromatic carbocycles. The molecule has 37 heavy (non-hydrogen) atoms. The number of hydrogen-bond acceptors (Lipinski definition) is 8. The molecule has 1 fully saturated rings. The predicted molar refractivity (Wildman–Crippen MR) is 127 cm³/mol. The van der Waals surface area contributed by atoms with Gasteiger partial charge < -0.3 is 14.2 Å². The number of rotatable bonds is 8. The molecule has 4 rings (SSSR count). The van der Waals surface area contributed by atoms with Gasteiger partial charge in [-0.25, -0.2) is 17.9 Å². The molecule has 0 radical (unpaired) electrons. The molecule has 0 saturated carbocycles. The van der Waals surface area contributed by atoms with Crippen molar-refractivity contribution >= 4 is 23.7 Å². The van der Waals surface area contributed by atoms with Gasteiger partial charge in [0.25, 0.3) is 0 Å². The molecule has 196 valence electrons. The van der Waals surface area contributed by atoms with Crippen molar-refractivity contribution in [2.75, 3.05) is 6.61 Å². The summed E-state index contributed by atoms with van der Waals surface area (Å²) in [5.41, 5.74) is -0.287. The lowest BCUT2D eigenvalue weighted by Crippen LogP contribution is -2.48. The highest BCUT2D eigenvalue weighted by Gasteiger charge is 2.43. The van der Waals surface area contributed by atoms with Crippen molar-refractivity contribution in [3.8, 4) is 11.3 Å². The van der Waals surface area contributed by atoms with Gasteiger partial charge in [0.05, 0.1) is 18.8 Å². The van der Waals surface area contributed by atoms with Crippen molar-refractivity contribution in [1.29, 1.82) is 0 Å². The maximum atomic E-state index is 13.8. The van der Waals surface area contributed by atoms with E-state index in [9.17, 15) is 22.8 Å². The fraction of sp³-hybridized carbons (Fsp3) is 0.360. The van der Waals surface area contributed by atoms with Gasteiger partial charge in [-0.2, -0.15) is 0 Å². The van der Waals surface area contributed by atoms with E-state index >= 15 is 0 Å². The third kappa shape index (κ3) is 6.69. The predicted octanol–water partition coefficient (Wildman–Crippen LogP) is 4.70. The number of benzene rings is 2. The zero-order chi connectivity index (χ0) is 26.5. The Labute approximate surface area is 215 Å². The number of halogens is 3. The SMILES string of the molecule is CC(=O)OCC[C@H]1O[C@H](Sc2ccccc2)C[C@@H](n2cc(-c3cc(F)c(F)c(F)c3)nn2)[C@H]1OC(C)=O. The smallest absolute Gasteiger partial charge is 0.303 e. The maximum absolute atomic E-state index is 13.8. The fourth-order valence-electron chi connectivity index (χ4n) is 4.06. The molecule has 0 spiro atoms. The molecule has 0 bridgehead atoms. The summed E-state index contributed by atoms with van der Waals surface area (Å²) in [7, 11) is 0. The molecular formula is C25H24F3N3O5S. The third-order valence-electron chi connectivity index (χ3n) is 5.66. The number of carbonyl (C=O) groups is 2. The molecule has 1 aliphatic heterocycles. The molecule has 2 heterocycles. The molecule has 3 aromatic rings.